The molecule has 5 heteroatoms. The van der Waals surface area contributed by atoms with Crippen molar-refractivity contribution in [1.29, 1.82) is 0 Å². The Morgan fingerprint density at radius 2 is 2.17 bits per heavy atom. The molecule has 1 N–H and O–H groups in total. The highest BCUT2D eigenvalue weighted by atomic mass is 32.2. The van der Waals surface area contributed by atoms with Crippen molar-refractivity contribution in [3.63, 3.8) is 0 Å². The molecule has 0 atom stereocenters. The molecule has 1 aliphatic rings. The Kier molecular flexibility index (Phi) is 3.64. The van der Waals surface area contributed by atoms with Gasteiger partial charge in [0.15, 0.2) is 0 Å². The van der Waals surface area contributed by atoms with Gasteiger partial charge in [-0.25, -0.2) is 4.98 Å². The molecule has 0 unspecified atom stereocenters. The lowest BCUT2D eigenvalue weighted by Crippen LogP contribution is -2.53. The molecule has 2 rings (SSSR count). The molecule has 0 bridgehead atoms. The smallest absolute Gasteiger partial charge is 0.254 e. The number of likely N-dealkylation sites (tertiary alicyclic amines) is 1. The lowest BCUT2D eigenvalue weighted by Gasteiger charge is -2.35. The average Bonchev–Trinajstić information content (AvgIpc) is 2.22. The third-order valence-corrected chi connectivity index (χ3v) is 3.59. The van der Waals surface area contributed by atoms with Crippen LogP contribution in [0.25, 0.3) is 0 Å². The van der Waals surface area contributed by atoms with E-state index < -0.39 is 0 Å². The molecule has 0 aromatic carbocycles. The fraction of sp³-hybridized carbons (Fsp3) is 0.538. The Balaban J connectivity index is 2.09. The summed E-state index contributed by atoms with van der Waals surface area (Å²) in [6.45, 7) is 7.20. The predicted molar refractivity (Wildman–Crippen MR) is 71.8 cm³/mol. The van der Waals surface area contributed by atoms with E-state index in [9.17, 15) is 9.90 Å². The zero-order valence-corrected chi connectivity index (χ0v) is 11.7. The number of β-amino-alcohol motifs (C(OH)–C–C–N with tert-alkyl or cyclic N) is 1. The number of aliphatic hydroxyl groups excluding tert-OH is 1. The van der Waals surface area contributed by atoms with Crippen molar-refractivity contribution in [2.45, 2.75) is 36.6 Å². The third-order valence-electron chi connectivity index (χ3n) is 2.54. The minimum Gasteiger partial charge on any atom is -0.389 e. The molecule has 1 saturated heterocycles. The molecular weight excluding hydrogens is 248 g/mol. The summed E-state index contributed by atoms with van der Waals surface area (Å²) in [5.41, 5.74) is 0.642. The summed E-state index contributed by atoms with van der Waals surface area (Å²) < 4.78 is 0.0711. The summed E-state index contributed by atoms with van der Waals surface area (Å²) in [7, 11) is 0. The number of thioether (sulfide) groups is 1. The molecule has 1 amide bonds. The van der Waals surface area contributed by atoms with Gasteiger partial charge in [0.1, 0.15) is 0 Å². The topological polar surface area (TPSA) is 53.4 Å². The van der Waals surface area contributed by atoms with Gasteiger partial charge in [-0.15, -0.1) is 11.8 Å². The standard InChI is InChI=1S/C13H18N2O2S/c1-13(2,3)18-11-6-9(4-5-14-11)12(17)15-7-10(16)8-15/h4-6,10,16H,7-8H2,1-3H3. The molecule has 1 aromatic heterocycles. The second kappa shape index (κ2) is 4.90. The van der Waals surface area contributed by atoms with Crippen molar-refractivity contribution in [2.75, 3.05) is 13.1 Å². The number of hydrogen-bond donors (Lipinski definition) is 1. The van der Waals surface area contributed by atoms with Crippen LogP contribution in [0.4, 0.5) is 0 Å². The van der Waals surface area contributed by atoms with Gasteiger partial charge in [0, 0.05) is 29.6 Å². The van der Waals surface area contributed by atoms with Crippen molar-refractivity contribution >= 4 is 17.7 Å². The fourth-order valence-corrected chi connectivity index (χ4v) is 2.64. The van der Waals surface area contributed by atoms with Crippen LogP contribution < -0.4 is 0 Å². The van der Waals surface area contributed by atoms with E-state index in [1.807, 2.05) is 6.07 Å². The van der Waals surface area contributed by atoms with Crippen molar-refractivity contribution in [1.82, 2.24) is 9.88 Å². The number of carbonyl (C=O) groups excluding carboxylic acids is 1. The maximum atomic E-state index is 12.1. The minimum absolute atomic E-state index is 0.0292. The molecule has 0 radical (unpaired) electrons. The number of nitrogens with zero attached hydrogens (tertiary/aromatic N) is 2. The number of aromatic nitrogens is 1. The third kappa shape index (κ3) is 3.23. The highest BCUT2D eigenvalue weighted by Gasteiger charge is 2.29. The van der Waals surface area contributed by atoms with Crippen molar-refractivity contribution in [3.05, 3.63) is 23.9 Å². The summed E-state index contributed by atoms with van der Waals surface area (Å²) in [6.07, 6.45) is 1.30. The normalized spacial score (nSPS) is 16.6. The van der Waals surface area contributed by atoms with Gasteiger partial charge in [-0.05, 0) is 12.1 Å². The number of carbonyl (C=O) groups is 1. The second-order valence-electron chi connectivity index (χ2n) is 5.46. The number of pyridine rings is 1. The molecule has 0 saturated carbocycles. The van der Waals surface area contributed by atoms with Gasteiger partial charge in [0.05, 0.1) is 11.1 Å². The van der Waals surface area contributed by atoms with Crippen LogP contribution in [-0.4, -0.2) is 44.8 Å². The van der Waals surface area contributed by atoms with Crippen molar-refractivity contribution in [2.24, 2.45) is 0 Å². The number of rotatable bonds is 2. The van der Waals surface area contributed by atoms with Crippen LogP contribution in [0.15, 0.2) is 23.4 Å². The summed E-state index contributed by atoms with van der Waals surface area (Å²) >= 11 is 1.64. The lowest BCUT2D eigenvalue weighted by atomic mass is 10.1. The van der Waals surface area contributed by atoms with E-state index >= 15 is 0 Å². The van der Waals surface area contributed by atoms with E-state index in [4.69, 9.17) is 0 Å². The fourth-order valence-electron chi connectivity index (χ4n) is 1.72. The van der Waals surface area contributed by atoms with Crippen molar-refractivity contribution in [3.8, 4) is 0 Å². The molecule has 0 spiro atoms. The Hall–Kier alpha value is -1.07. The van der Waals surface area contributed by atoms with Crippen molar-refractivity contribution < 1.29 is 9.90 Å². The quantitative estimate of drug-likeness (QED) is 0.829. The van der Waals surface area contributed by atoms with E-state index in [0.29, 0.717) is 18.7 Å². The lowest BCUT2D eigenvalue weighted by molar-refractivity contribution is 0.00587. The molecular formula is C13H18N2O2S. The zero-order chi connectivity index (χ0) is 13.3. The van der Waals surface area contributed by atoms with Gasteiger partial charge in [-0.2, -0.15) is 0 Å². The SMILES string of the molecule is CC(C)(C)Sc1cc(C(=O)N2CC(O)C2)ccn1. The average molecular weight is 266 g/mol. The Bertz CT molecular complexity index is 451. The second-order valence-corrected chi connectivity index (χ2v) is 7.31. The summed E-state index contributed by atoms with van der Waals surface area (Å²) in [6, 6.07) is 3.54. The van der Waals surface area contributed by atoms with Crippen LogP contribution in [-0.2, 0) is 0 Å². The minimum atomic E-state index is -0.362. The summed E-state index contributed by atoms with van der Waals surface area (Å²) in [4.78, 5) is 18.0. The van der Waals surface area contributed by atoms with Gasteiger partial charge in [0.25, 0.3) is 5.91 Å². The van der Waals surface area contributed by atoms with Crippen LogP contribution in [0.5, 0.6) is 0 Å². The van der Waals surface area contributed by atoms with E-state index in [1.165, 1.54) is 0 Å². The first-order valence-corrected chi connectivity index (χ1v) is 6.79. The molecule has 0 aliphatic carbocycles. The first kappa shape index (κ1) is 13.4. The molecule has 18 heavy (non-hydrogen) atoms. The largest absolute Gasteiger partial charge is 0.389 e. The van der Waals surface area contributed by atoms with Crippen LogP contribution in [0, 0.1) is 0 Å². The highest BCUT2D eigenvalue weighted by molar-refractivity contribution is 8.00. The first-order chi connectivity index (χ1) is 8.35. The Morgan fingerprint density at radius 1 is 1.50 bits per heavy atom. The van der Waals surface area contributed by atoms with E-state index in [1.54, 1.807) is 28.9 Å². The number of aliphatic hydroxyl groups is 1. The predicted octanol–water partition coefficient (Wildman–Crippen LogP) is 1.79. The molecule has 4 nitrogen and oxygen atoms in total. The van der Waals surface area contributed by atoms with E-state index in [0.717, 1.165) is 5.03 Å². The summed E-state index contributed by atoms with van der Waals surface area (Å²) in [5.74, 6) is -0.0292. The van der Waals surface area contributed by atoms with Gasteiger partial charge < -0.3 is 10.0 Å². The number of hydrogen-bond acceptors (Lipinski definition) is 4. The molecule has 1 aliphatic heterocycles. The monoisotopic (exact) mass is 266 g/mol. The van der Waals surface area contributed by atoms with Crippen LogP contribution in [0.1, 0.15) is 31.1 Å². The highest BCUT2D eigenvalue weighted by Crippen LogP contribution is 2.30. The first-order valence-electron chi connectivity index (χ1n) is 5.97. The van der Waals surface area contributed by atoms with E-state index in [2.05, 4.69) is 25.8 Å². The Labute approximate surface area is 111 Å². The van der Waals surface area contributed by atoms with Crippen LogP contribution in [0.2, 0.25) is 0 Å². The number of amides is 1. The molecule has 2 heterocycles. The van der Waals surface area contributed by atoms with Gasteiger partial charge in [-0.3, -0.25) is 4.79 Å². The molecule has 1 aromatic rings. The maximum absolute atomic E-state index is 12.1. The maximum Gasteiger partial charge on any atom is 0.254 e. The summed E-state index contributed by atoms with van der Waals surface area (Å²) in [5, 5.41) is 10.1. The van der Waals surface area contributed by atoms with Gasteiger partial charge in [0.2, 0.25) is 0 Å². The van der Waals surface area contributed by atoms with Gasteiger partial charge >= 0.3 is 0 Å². The zero-order valence-electron chi connectivity index (χ0n) is 10.9. The molecule has 1 fully saturated rings. The van der Waals surface area contributed by atoms with Crippen LogP contribution >= 0.6 is 11.8 Å². The molecule has 98 valence electrons. The van der Waals surface area contributed by atoms with Gasteiger partial charge in [-0.1, -0.05) is 20.8 Å². The van der Waals surface area contributed by atoms with E-state index in [-0.39, 0.29) is 16.8 Å². The van der Waals surface area contributed by atoms with Crippen LogP contribution in [0.3, 0.4) is 0 Å². The Morgan fingerprint density at radius 3 is 2.72 bits per heavy atom.